The standard InChI is InChI=1S/C17H28N2O/c1-15(2)16-6-5-7-17(14-16)20-13-4-3-10-19-11-8-18-9-12-19/h5-7,14-15,18H,3-4,8-13H2,1-2H3. The van der Waals surface area contributed by atoms with Crippen molar-refractivity contribution in [2.75, 3.05) is 39.3 Å². The molecule has 1 heterocycles. The molecule has 1 aliphatic rings. The smallest absolute Gasteiger partial charge is 0.119 e. The van der Waals surface area contributed by atoms with Crippen molar-refractivity contribution >= 4 is 0 Å². The first-order valence-electron chi connectivity index (χ1n) is 7.91. The van der Waals surface area contributed by atoms with E-state index in [-0.39, 0.29) is 0 Å². The highest BCUT2D eigenvalue weighted by atomic mass is 16.5. The molecular weight excluding hydrogens is 248 g/mol. The predicted molar refractivity (Wildman–Crippen MR) is 84.6 cm³/mol. The maximum Gasteiger partial charge on any atom is 0.119 e. The molecule has 1 fully saturated rings. The SMILES string of the molecule is CC(C)c1cccc(OCCCCN2CCNCC2)c1. The Labute approximate surface area is 123 Å². The fraction of sp³-hybridized carbons (Fsp3) is 0.647. The molecular formula is C17H28N2O. The first kappa shape index (κ1) is 15.3. The second kappa shape index (κ2) is 8.28. The van der Waals surface area contributed by atoms with Gasteiger partial charge in [0.05, 0.1) is 6.61 Å². The number of hydrogen-bond acceptors (Lipinski definition) is 3. The first-order valence-corrected chi connectivity index (χ1v) is 7.91. The zero-order valence-corrected chi connectivity index (χ0v) is 12.9. The minimum Gasteiger partial charge on any atom is -0.494 e. The van der Waals surface area contributed by atoms with Gasteiger partial charge in [-0.3, -0.25) is 0 Å². The molecule has 20 heavy (non-hydrogen) atoms. The molecule has 1 N–H and O–H groups in total. The van der Waals surface area contributed by atoms with Crippen LogP contribution in [0.3, 0.4) is 0 Å². The second-order valence-corrected chi connectivity index (χ2v) is 5.87. The highest BCUT2D eigenvalue weighted by Crippen LogP contribution is 2.20. The summed E-state index contributed by atoms with van der Waals surface area (Å²) in [5, 5.41) is 3.39. The number of rotatable bonds is 7. The molecule has 0 atom stereocenters. The molecule has 1 aromatic carbocycles. The van der Waals surface area contributed by atoms with Crippen molar-refractivity contribution in [2.45, 2.75) is 32.6 Å². The Kier molecular flexibility index (Phi) is 6.34. The maximum atomic E-state index is 5.86. The number of benzene rings is 1. The fourth-order valence-corrected chi connectivity index (χ4v) is 2.53. The van der Waals surface area contributed by atoms with E-state index >= 15 is 0 Å². The number of nitrogens with one attached hydrogen (secondary N) is 1. The van der Waals surface area contributed by atoms with Crippen LogP contribution >= 0.6 is 0 Å². The third-order valence-electron chi connectivity index (χ3n) is 3.87. The van der Waals surface area contributed by atoms with Gasteiger partial charge < -0.3 is 15.0 Å². The zero-order valence-electron chi connectivity index (χ0n) is 12.9. The molecule has 0 saturated carbocycles. The third kappa shape index (κ3) is 5.14. The van der Waals surface area contributed by atoms with E-state index in [0.717, 1.165) is 31.9 Å². The number of nitrogens with zero attached hydrogens (tertiary/aromatic N) is 1. The Morgan fingerprint density at radius 2 is 2.00 bits per heavy atom. The van der Waals surface area contributed by atoms with Crippen LogP contribution in [-0.2, 0) is 0 Å². The van der Waals surface area contributed by atoms with Gasteiger partial charge in [-0.2, -0.15) is 0 Å². The van der Waals surface area contributed by atoms with Crippen LogP contribution in [0, 0.1) is 0 Å². The number of ether oxygens (including phenoxy) is 1. The summed E-state index contributed by atoms with van der Waals surface area (Å²) in [7, 11) is 0. The van der Waals surface area contributed by atoms with Crippen LogP contribution in [0.25, 0.3) is 0 Å². The fourth-order valence-electron chi connectivity index (χ4n) is 2.53. The lowest BCUT2D eigenvalue weighted by Gasteiger charge is -2.27. The van der Waals surface area contributed by atoms with Crippen molar-refractivity contribution in [3.8, 4) is 5.75 Å². The summed E-state index contributed by atoms with van der Waals surface area (Å²) in [4.78, 5) is 2.54. The molecule has 1 saturated heterocycles. The van der Waals surface area contributed by atoms with E-state index in [1.54, 1.807) is 0 Å². The zero-order chi connectivity index (χ0) is 14.2. The number of piperazine rings is 1. The molecule has 0 aliphatic carbocycles. The van der Waals surface area contributed by atoms with Gasteiger partial charge in [0.2, 0.25) is 0 Å². The number of hydrogen-bond donors (Lipinski definition) is 1. The van der Waals surface area contributed by atoms with Crippen molar-refractivity contribution in [3.05, 3.63) is 29.8 Å². The van der Waals surface area contributed by atoms with Gasteiger partial charge in [0.1, 0.15) is 5.75 Å². The molecule has 0 spiro atoms. The summed E-state index contributed by atoms with van der Waals surface area (Å²) in [6, 6.07) is 8.48. The van der Waals surface area contributed by atoms with Crippen molar-refractivity contribution in [2.24, 2.45) is 0 Å². The van der Waals surface area contributed by atoms with Crippen LogP contribution in [0.4, 0.5) is 0 Å². The largest absolute Gasteiger partial charge is 0.494 e. The van der Waals surface area contributed by atoms with E-state index in [2.05, 4.69) is 48.3 Å². The van der Waals surface area contributed by atoms with Crippen LogP contribution in [0.1, 0.15) is 38.2 Å². The van der Waals surface area contributed by atoms with Gasteiger partial charge in [0, 0.05) is 26.2 Å². The summed E-state index contributed by atoms with van der Waals surface area (Å²) in [6.45, 7) is 11.1. The Morgan fingerprint density at radius 3 is 2.75 bits per heavy atom. The Morgan fingerprint density at radius 1 is 1.20 bits per heavy atom. The van der Waals surface area contributed by atoms with Gasteiger partial charge in [-0.1, -0.05) is 26.0 Å². The van der Waals surface area contributed by atoms with Gasteiger partial charge in [-0.25, -0.2) is 0 Å². The lowest BCUT2D eigenvalue weighted by molar-refractivity contribution is 0.226. The van der Waals surface area contributed by atoms with Gasteiger partial charge in [-0.05, 0) is 43.0 Å². The topological polar surface area (TPSA) is 24.5 Å². The number of unbranched alkanes of at least 4 members (excludes halogenated alkanes) is 1. The molecule has 0 radical (unpaired) electrons. The Hall–Kier alpha value is -1.06. The van der Waals surface area contributed by atoms with Gasteiger partial charge in [0.15, 0.2) is 0 Å². The molecule has 0 aromatic heterocycles. The molecule has 3 nitrogen and oxygen atoms in total. The van der Waals surface area contributed by atoms with Crippen LogP contribution in [-0.4, -0.2) is 44.2 Å². The van der Waals surface area contributed by atoms with E-state index < -0.39 is 0 Å². The molecule has 0 unspecified atom stereocenters. The highest BCUT2D eigenvalue weighted by Gasteiger charge is 2.08. The monoisotopic (exact) mass is 276 g/mol. The predicted octanol–water partition coefficient (Wildman–Crippen LogP) is 2.87. The third-order valence-corrected chi connectivity index (χ3v) is 3.87. The van der Waals surface area contributed by atoms with Gasteiger partial charge in [-0.15, -0.1) is 0 Å². The summed E-state index contributed by atoms with van der Waals surface area (Å²) in [6.07, 6.45) is 2.36. The lowest BCUT2D eigenvalue weighted by atomic mass is 10.0. The summed E-state index contributed by atoms with van der Waals surface area (Å²) >= 11 is 0. The average molecular weight is 276 g/mol. The van der Waals surface area contributed by atoms with E-state index in [0.29, 0.717) is 5.92 Å². The first-order chi connectivity index (χ1) is 9.75. The minimum atomic E-state index is 0.561. The van der Waals surface area contributed by atoms with Crippen LogP contribution in [0.2, 0.25) is 0 Å². The normalized spacial score (nSPS) is 16.6. The maximum absolute atomic E-state index is 5.86. The van der Waals surface area contributed by atoms with E-state index in [1.165, 1.54) is 31.6 Å². The molecule has 0 amide bonds. The lowest BCUT2D eigenvalue weighted by Crippen LogP contribution is -2.43. The molecule has 3 heteroatoms. The van der Waals surface area contributed by atoms with Crippen LogP contribution < -0.4 is 10.1 Å². The molecule has 2 rings (SSSR count). The van der Waals surface area contributed by atoms with Gasteiger partial charge in [0.25, 0.3) is 0 Å². The molecule has 0 bridgehead atoms. The van der Waals surface area contributed by atoms with E-state index in [1.807, 2.05) is 0 Å². The van der Waals surface area contributed by atoms with Crippen molar-refractivity contribution in [1.82, 2.24) is 10.2 Å². The Balaban J connectivity index is 1.61. The summed E-state index contributed by atoms with van der Waals surface area (Å²) in [5.41, 5.74) is 1.35. The average Bonchev–Trinajstić information content (AvgIpc) is 2.48. The minimum absolute atomic E-state index is 0.561. The summed E-state index contributed by atoms with van der Waals surface area (Å²) < 4.78 is 5.86. The van der Waals surface area contributed by atoms with Crippen molar-refractivity contribution in [1.29, 1.82) is 0 Å². The molecule has 112 valence electrons. The Bertz CT molecular complexity index is 386. The molecule has 1 aliphatic heterocycles. The second-order valence-electron chi connectivity index (χ2n) is 5.87. The molecule has 1 aromatic rings. The summed E-state index contributed by atoms with van der Waals surface area (Å²) in [5.74, 6) is 1.57. The highest BCUT2D eigenvalue weighted by molar-refractivity contribution is 5.30. The quantitative estimate of drug-likeness (QED) is 0.775. The van der Waals surface area contributed by atoms with E-state index in [4.69, 9.17) is 4.74 Å². The van der Waals surface area contributed by atoms with Crippen LogP contribution in [0.5, 0.6) is 5.75 Å². The van der Waals surface area contributed by atoms with Crippen molar-refractivity contribution < 1.29 is 4.74 Å². The van der Waals surface area contributed by atoms with Crippen molar-refractivity contribution in [3.63, 3.8) is 0 Å². The van der Waals surface area contributed by atoms with Gasteiger partial charge >= 0.3 is 0 Å². The van der Waals surface area contributed by atoms with Crippen LogP contribution in [0.15, 0.2) is 24.3 Å². The van der Waals surface area contributed by atoms with E-state index in [9.17, 15) is 0 Å².